The number of aryl methyl sites for hydroxylation is 2. The van der Waals surface area contributed by atoms with Gasteiger partial charge in [0.1, 0.15) is 11.5 Å². The highest BCUT2D eigenvalue weighted by molar-refractivity contribution is 7.89. The zero-order valence-corrected chi connectivity index (χ0v) is 15.4. The Morgan fingerprint density at radius 1 is 0.958 bits per heavy atom. The molecule has 2 rings (SSSR count). The van der Waals surface area contributed by atoms with E-state index in [0.29, 0.717) is 11.3 Å². The van der Waals surface area contributed by atoms with Crippen LogP contribution in [0.5, 0.6) is 11.5 Å². The van der Waals surface area contributed by atoms with E-state index < -0.39 is 10.0 Å². The Morgan fingerprint density at radius 2 is 1.58 bits per heavy atom. The molecule has 0 aromatic heterocycles. The molecule has 1 N–H and O–H groups in total. The number of sulfonamides is 1. The molecule has 6 heteroatoms. The van der Waals surface area contributed by atoms with Crippen molar-refractivity contribution in [1.82, 2.24) is 4.72 Å². The van der Waals surface area contributed by atoms with Gasteiger partial charge in [-0.25, -0.2) is 13.1 Å². The summed E-state index contributed by atoms with van der Waals surface area (Å²) in [7, 11) is -0.476. The highest BCUT2D eigenvalue weighted by Gasteiger charge is 2.21. The third kappa shape index (κ3) is 3.88. The lowest BCUT2D eigenvalue weighted by molar-refractivity contribution is 0.411. The maximum absolute atomic E-state index is 12.7. The maximum Gasteiger partial charge on any atom is 0.241 e. The van der Waals surface area contributed by atoms with Crippen molar-refractivity contribution in [2.45, 2.75) is 31.7 Å². The summed E-state index contributed by atoms with van der Waals surface area (Å²) in [6, 6.07) is 10.3. The van der Waals surface area contributed by atoms with Crippen LogP contribution in [0.3, 0.4) is 0 Å². The molecule has 0 amide bonds. The summed E-state index contributed by atoms with van der Waals surface area (Å²) in [5.74, 6) is 1.41. The topological polar surface area (TPSA) is 64.6 Å². The molecule has 0 saturated carbocycles. The van der Waals surface area contributed by atoms with Crippen molar-refractivity contribution < 1.29 is 17.9 Å². The fourth-order valence-corrected chi connectivity index (χ4v) is 4.07. The Balaban J connectivity index is 2.28. The zero-order chi connectivity index (χ0) is 17.9. The normalized spacial score (nSPS) is 12.7. The number of hydrogen-bond acceptors (Lipinski definition) is 4. The molecule has 2 aromatic rings. The van der Waals surface area contributed by atoms with Crippen molar-refractivity contribution in [3.8, 4) is 11.5 Å². The van der Waals surface area contributed by atoms with Gasteiger partial charge in [-0.2, -0.15) is 0 Å². The zero-order valence-electron chi connectivity index (χ0n) is 14.6. The molecular weight excluding hydrogens is 326 g/mol. The van der Waals surface area contributed by atoms with E-state index in [0.717, 1.165) is 16.9 Å². The molecule has 0 fully saturated rings. The van der Waals surface area contributed by atoms with Gasteiger partial charge >= 0.3 is 0 Å². The first-order valence-electron chi connectivity index (χ1n) is 7.60. The van der Waals surface area contributed by atoms with Crippen molar-refractivity contribution >= 4 is 10.0 Å². The Labute approximate surface area is 143 Å². The SMILES string of the molecule is COc1ccc([C@@H](C)NS(=O)(=O)c2cc(C)c(OC)cc2C)cc1. The number of ether oxygens (including phenoxy) is 2. The van der Waals surface area contributed by atoms with Crippen molar-refractivity contribution in [2.75, 3.05) is 14.2 Å². The van der Waals surface area contributed by atoms with E-state index in [1.807, 2.05) is 38.1 Å². The van der Waals surface area contributed by atoms with Crippen LogP contribution in [0.4, 0.5) is 0 Å². The van der Waals surface area contributed by atoms with Gasteiger partial charge in [0, 0.05) is 6.04 Å². The van der Waals surface area contributed by atoms with Crippen LogP contribution in [0, 0.1) is 13.8 Å². The molecule has 0 aliphatic heterocycles. The Kier molecular flexibility index (Phi) is 5.51. The average Bonchev–Trinajstić information content (AvgIpc) is 2.56. The van der Waals surface area contributed by atoms with Crippen LogP contribution in [0.25, 0.3) is 0 Å². The van der Waals surface area contributed by atoms with Gasteiger partial charge in [0.25, 0.3) is 0 Å². The van der Waals surface area contributed by atoms with Crippen molar-refractivity contribution in [1.29, 1.82) is 0 Å². The summed E-state index contributed by atoms with van der Waals surface area (Å²) in [6.45, 7) is 5.39. The highest BCUT2D eigenvalue weighted by atomic mass is 32.2. The predicted octanol–water partition coefficient (Wildman–Crippen LogP) is 3.36. The van der Waals surface area contributed by atoms with Gasteiger partial charge in [0.15, 0.2) is 0 Å². The van der Waals surface area contributed by atoms with E-state index in [-0.39, 0.29) is 10.9 Å². The molecule has 24 heavy (non-hydrogen) atoms. The summed E-state index contributed by atoms with van der Waals surface area (Å²) in [4.78, 5) is 0.265. The minimum atomic E-state index is -3.64. The molecule has 0 heterocycles. The number of methoxy groups -OCH3 is 2. The van der Waals surface area contributed by atoms with Crippen molar-refractivity contribution in [3.63, 3.8) is 0 Å². The number of nitrogens with one attached hydrogen (secondary N) is 1. The lowest BCUT2D eigenvalue weighted by atomic mass is 10.1. The molecule has 0 aliphatic carbocycles. The smallest absolute Gasteiger partial charge is 0.241 e. The number of rotatable bonds is 6. The predicted molar refractivity (Wildman–Crippen MR) is 94.2 cm³/mol. The molecule has 0 bridgehead atoms. The second kappa shape index (κ2) is 7.23. The fourth-order valence-electron chi connectivity index (χ4n) is 2.53. The van der Waals surface area contributed by atoms with E-state index in [4.69, 9.17) is 9.47 Å². The van der Waals surface area contributed by atoms with E-state index in [2.05, 4.69) is 4.72 Å². The summed E-state index contributed by atoms with van der Waals surface area (Å²) in [5, 5.41) is 0. The third-order valence-corrected chi connectivity index (χ3v) is 5.61. The number of benzene rings is 2. The number of hydrogen-bond donors (Lipinski definition) is 1. The lowest BCUT2D eigenvalue weighted by Crippen LogP contribution is -2.27. The molecular formula is C18H23NO4S. The molecule has 0 unspecified atom stereocenters. The quantitative estimate of drug-likeness (QED) is 0.868. The first kappa shape index (κ1) is 18.3. The Morgan fingerprint density at radius 3 is 2.12 bits per heavy atom. The van der Waals surface area contributed by atoms with Gasteiger partial charge < -0.3 is 9.47 Å². The van der Waals surface area contributed by atoms with Crippen LogP contribution in [0.1, 0.15) is 29.7 Å². The minimum Gasteiger partial charge on any atom is -0.497 e. The van der Waals surface area contributed by atoms with E-state index in [9.17, 15) is 8.42 Å². The molecule has 130 valence electrons. The van der Waals surface area contributed by atoms with Gasteiger partial charge in [0.2, 0.25) is 10.0 Å². The average molecular weight is 349 g/mol. The lowest BCUT2D eigenvalue weighted by Gasteiger charge is -2.17. The molecule has 0 saturated heterocycles. The molecule has 2 aromatic carbocycles. The molecule has 0 spiro atoms. The first-order valence-corrected chi connectivity index (χ1v) is 9.08. The van der Waals surface area contributed by atoms with Crippen LogP contribution < -0.4 is 14.2 Å². The molecule has 1 atom stereocenters. The van der Waals surface area contributed by atoms with Gasteiger partial charge in [-0.3, -0.25) is 0 Å². The van der Waals surface area contributed by atoms with Gasteiger partial charge in [-0.05, 0) is 61.7 Å². The second-order valence-corrected chi connectivity index (χ2v) is 7.39. The van der Waals surface area contributed by atoms with E-state index >= 15 is 0 Å². The monoisotopic (exact) mass is 349 g/mol. The third-order valence-electron chi connectivity index (χ3n) is 3.93. The van der Waals surface area contributed by atoms with Gasteiger partial charge in [-0.1, -0.05) is 12.1 Å². The first-order chi connectivity index (χ1) is 11.3. The van der Waals surface area contributed by atoms with Crippen LogP contribution >= 0.6 is 0 Å². The fraction of sp³-hybridized carbons (Fsp3) is 0.333. The van der Waals surface area contributed by atoms with Crippen LogP contribution in [-0.2, 0) is 10.0 Å². The summed E-state index contributed by atoms with van der Waals surface area (Å²) in [5.41, 5.74) is 2.29. The van der Waals surface area contributed by atoms with Crippen LogP contribution in [0.15, 0.2) is 41.3 Å². The largest absolute Gasteiger partial charge is 0.497 e. The Bertz CT molecular complexity index is 814. The second-order valence-electron chi connectivity index (χ2n) is 5.70. The molecule has 0 aliphatic rings. The summed E-state index contributed by atoms with van der Waals surface area (Å²) < 4.78 is 38.6. The summed E-state index contributed by atoms with van der Waals surface area (Å²) in [6.07, 6.45) is 0. The molecule has 5 nitrogen and oxygen atoms in total. The standard InChI is InChI=1S/C18H23NO4S/c1-12-11-18(13(2)10-17(12)23-5)24(20,21)19-14(3)15-6-8-16(22-4)9-7-15/h6-11,14,19H,1-5H3/t14-/m1/s1. The Hall–Kier alpha value is -2.05. The van der Waals surface area contributed by atoms with Crippen molar-refractivity contribution in [3.05, 3.63) is 53.1 Å². The van der Waals surface area contributed by atoms with Crippen molar-refractivity contribution in [2.24, 2.45) is 0 Å². The van der Waals surface area contributed by atoms with Crippen LogP contribution in [-0.4, -0.2) is 22.6 Å². The maximum atomic E-state index is 12.7. The molecule has 0 radical (unpaired) electrons. The van der Waals surface area contributed by atoms with E-state index in [1.54, 1.807) is 33.3 Å². The van der Waals surface area contributed by atoms with Gasteiger partial charge in [-0.15, -0.1) is 0 Å². The summed E-state index contributed by atoms with van der Waals surface area (Å²) >= 11 is 0. The van der Waals surface area contributed by atoms with Gasteiger partial charge in [0.05, 0.1) is 19.1 Å². The highest BCUT2D eigenvalue weighted by Crippen LogP contribution is 2.27. The van der Waals surface area contributed by atoms with E-state index in [1.165, 1.54) is 0 Å². The minimum absolute atomic E-state index is 0.265. The van der Waals surface area contributed by atoms with Crippen LogP contribution in [0.2, 0.25) is 0 Å².